The number of anilines is 1. The lowest BCUT2D eigenvalue weighted by atomic mass is 9.82. The molecule has 0 radical (unpaired) electrons. The van der Waals surface area contributed by atoms with Crippen LogP contribution in [-0.4, -0.2) is 38.4 Å². The van der Waals surface area contributed by atoms with Gasteiger partial charge in [0.25, 0.3) is 0 Å². The number of nitrogens with one attached hydrogen (secondary N) is 2. The fourth-order valence-electron chi connectivity index (χ4n) is 4.95. The van der Waals surface area contributed by atoms with Crippen molar-refractivity contribution < 1.29 is 4.74 Å². The molecule has 0 aliphatic heterocycles. The summed E-state index contributed by atoms with van der Waals surface area (Å²) >= 11 is 0. The van der Waals surface area contributed by atoms with Crippen LogP contribution in [0.1, 0.15) is 62.8 Å². The second kappa shape index (κ2) is 8.49. The number of ether oxygens (including phenoxy) is 1. The average molecular weight is 392 g/mol. The van der Waals surface area contributed by atoms with Crippen molar-refractivity contribution in [1.82, 2.24) is 20.2 Å². The molecule has 2 aliphatic carbocycles. The minimum atomic E-state index is 0.408. The molecule has 6 heteroatoms. The molecule has 2 fully saturated rings. The largest absolute Gasteiger partial charge is 0.375 e. The second-order valence-corrected chi connectivity index (χ2v) is 8.49. The normalized spacial score (nSPS) is 27.7. The van der Waals surface area contributed by atoms with Gasteiger partial charge >= 0.3 is 0 Å². The Labute approximate surface area is 171 Å². The molecule has 0 spiro atoms. The first-order valence-electron chi connectivity index (χ1n) is 11.0. The van der Waals surface area contributed by atoms with E-state index in [2.05, 4.69) is 55.8 Å². The fraction of sp³-hybridized carbons (Fsp3) is 0.522. The van der Waals surface area contributed by atoms with E-state index in [-0.39, 0.29) is 0 Å². The van der Waals surface area contributed by atoms with Gasteiger partial charge in [0, 0.05) is 6.04 Å². The summed E-state index contributed by atoms with van der Waals surface area (Å²) in [6.07, 6.45) is 13.6. The summed E-state index contributed by atoms with van der Waals surface area (Å²) in [6, 6.07) is 11.4. The highest BCUT2D eigenvalue weighted by atomic mass is 16.5. The van der Waals surface area contributed by atoms with Crippen LogP contribution < -0.4 is 5.32 Å². The van der Waals surface area contributed by atoms with Gasteiger partial charge < -0.3 is 10.1 Å². The first-order valence-corrected chi connectivity index (χ1v) is 11.0. The number of hydrogen-bond donors (Lipinski definition) is 2. The molecule has 0 amide bonds. The molecule has 0 bridgehead atoms. The molecular weight excluding hydrogens is 362 g/mol. The zero-order valence-electron chi connectivity index (χ0n) is 16.8. The Bertz CT molecular complexity index is 911. The van der Waals surface area contributed by atoms with Gasteiger partial charge in [-0.1, -0.05) is 30.3 Å². The standard InChI is InChI=1S/C23H29N5O/c1-2-4-16(5-3-1)17-6-10-19(11-7-17)29-20-12-8-18(9-13-20)27-22-21-14-26-28-23(21)25-15-24-22/h1-5,14-15,17-20H,6-13H2,(H2,24,25,26,27,28)/t17-,18?,19-,20?. The van der Waals surface area contributed by atoms with E-state index in [1.807, 2.05) is 0 Å². The monoisotopic (exact) mass is 391 g/mol. The zero-order valence-corrected chi connectivity index (χ0v) is 16.8. The van der Waals surface area contributed by atoms with Gasteiger partial charge in [0.1, 0.15) is 12.1 Å². The van der Waals surface area contributed by atoms with Crippen LogP contribution in [0.25, 0.3) is 11.0 Å². The fourth-order valence-corrected chi connectivity index (χ4v) is 4.95. The van der Waals surface area contributed by atoms with Gasteiger partial charge in [0.05, 0.1) is 23.8 Å². The zero-order chi connectivity index (χ0) is 19.5. The molecular formula is C23H29N5O. The Balaban J connectivity index is 1.08. The molecule has 29 heavy (non-hydrogen) atoms. The Kier molecular flexibility index (Phi) is 5.43. The summed E-state index contributed by atoms with van der Waals surface area (Å²) in [5.41, 5.74) is 2.28. The Morgan fingerprint density at radius 3 is 2.34 bits per heavy atom. The van der Waals surface area contributed by atoms with Crippen molar-refractivity contribution in [3.8, 4) is 0 Å². The molecule has 3 aromatic rings. The van der Waals surface area contributed by atoms with E-state index >= 15 is 0 Å². The van der Waals surface area contributed by atoms with E-state index < -0.39 is 0 Å². The molecule has 152 valence electrons. The Hall–Kier alpha value is -2.47. The van der Waals surface area contributed by atoms with Crippen LogP contribution in [0.2, 0.25) is 0 Å². The maximum absolute atomic E-state index is 6.50. The topological polar surface area (TPSA) is 75.7 Å². The number of rotatable bonds is 5. The third kappa shape index (κ3) is 4.27. The summed E-state index contributed by atoms with van der Waals surface area (Å²) in [5.74, 6) is 1.59. The third-order valence-electron chi connectivity index (χ3n) is 6.59. The summed E-state index contributed by atoms with van der Waals surface area (Å²) in [4.78, 5) is 8.61. The molecule has 2 heterocycles. The van der Waals surface area contributed by atoms with Crippen LogP contribution in [0.5, 0.6) is 0 Å². The van der Waals surface area contributed by atoms with Crippen LogP contribution in [0.15, 0.2) is 42.9 Å². The van der Waals surface area contributed by atoms with Gasteiger partial charge in [-0.15, -0.1) is 0 Å². The molecule has 2 saturated carbocycles. The molecule has 2 aromatic heterocycles. The summed E-state index contributed by atoms with van der Waals surface area (Å²) in [5, 5.41) is 11.5. The van der Waals surface area contributed by atoms with E-state index in [0.29, 0.717) is 24.2 Å². The van der Waals surface area contributed by atoms with Crippen molar-refractivity contribution in [2.45, 2.75) is 75.5 Å². The van der Waals surface area contributed by atoms with Crippen LogP contribution >= 0.6 is 0 Å². The predicted octanol–water partition coefficient (Wildman–Crippen LogP) is 4.82. The lowest BCUT2D eigenvalue weighted by Crippen LogP contribution is -2.33. The first kappa shape index (κ1) is 18.6. The van der Waals surface area contributed by atoms with Crippen LogP contribution in [0, 0.1) is 0 Å². The molecule has 0 atom stereocenters. The van der Waals surface area contributed by atoms with E-state index in [4.69, 9.17) is 4.74 Å². The van der Waals surface area contributed by atoms with Crippen LogP contribution in [0.4, 0.5) is 5.82 Å². The molecule has 6 nitrogen and oxygen atoms in total. The Morgan fingerprint density at radius 2 is 1.59 bits per heavy atom. The number of aromatic nitrogens is 4. The number of aromatic amines is 1. The van der Waals surface area contributed by atoms with E-state index in [0.717, 1.165) is 42.5 Å². The van der Waals surface area contributed by atoms with E-state index in [1.54, 1.807) is 12.5 Å². The summed E-state index contributed by atoms with van der Waals surface area (Å²) < 4.78 is 6.50. The minimum Gasteiger partial charge on any atom is -0.375 e. The van der Waals surface area contributed by atoms with Gasteiger partial charge in [0.2, 0.25) is 0 Å². The molecule has 0 unspecified atom stereocenters. The van der Waals surface area contributed by atoms with Crippen molar-refractivity contribution in [2.75, 3.05) is 5.32 Å². The average Bonchev–Trinajstić information content (AvgIpc) is 3.26. The molecule has 0 saturated heterocycles. The van der Waals surface area contributed by atoms with E-state index in [9.17, 15) is 0 Å². The number of benzene rings is 1. The smallest absolute Gasteiger partial charge is 0.160 e. The number of H-pyrrole nitrogens is 1. The first-order chi connectivity index (χ1) is 14.3. The third-order valence-corrected chi connectivity index (χ3v) is 6.59. The predicted molar refractivity (Wildman–Crippen MR) is 114 cm³/mol. The van der Waals surface area contributed by atoms with Crippen molar-refractivity contribution in [3.05, 3.63) is 48.4 Å². The second-order valence-electron chi connectivity index (χ2n) is 8.49. The van der Waals surface area contributed by atoms with Crippen molar-refractivity contribution in [1.29, 1.82) is 0 Å². The van der Waals surface area contributed by atoms with Crippen LogP contribution in [0.3, 0.4) is 0 Å². The van der Waals surface area contributed by atoms with Crippen LogP contribution in [-0.2, 0) is 4.74 Å². The molecule has 1 aromatic carbocycles. The van der Waals surface area contributed by atoms with Gasteiger partial charge in [-0.2, -0.15) is 5.10 Å². The highest BCUT2D eigenvalue weighted by Gasteiger charge is 2.28. The number of fused-ring (bicyclic) bond motifs is 1. The molecule has 2 N–H and O–H groups in total. The Morgan fingerprint density at radius 1 is 0.862 bits per heavy atom. The quantitative estimate of drug-likeness (QED) is 0.652. The van der Waals surface area contributed by atoms with Crippen molar-refractivity contribution in [2.24, 2.45) is 0 Å². The van der Waals surface area contributed by atoms with Crippen molar-refractivity contribution in [3.63, 3.8) is 0 Å². The maximum Gasteiger partial charge on any atom is 0.160 e. The molecule has 5 rings (SSSR count). The van der Waals surface area contributed by atoms with Gasteiger partial charge in [0.15, 0.2) is 5.65 Å². The van der Waals surface area contributed by atoms with Crippen molar-refractivity contribution >= 4 is 16.9 Å². The van der Waals surface area contributed by atoms with E-state index in [1.165, 1.54) is 31.2 Å². The minimum absolute atomic E-state index is 0.408. The highest BCUT2D eigenvalue weighted by molar-refractivity contribution is 5.85. The lowest BCUT2D eigenvalue weighted by Gasteiger charge is -2.35. The molecule has 2 aliphatic rings. The van der Waals surface area contributed by atoms with Gasteiger partial charge in [-0.3, -0.25) is 5.10 Å². The summed E-state index contributed by atoms with van der Waals surface area (Å²) in [7, 11) is 0. The SMILES string of the molecule is c1ccc([C@H]2CC[C@H](OC3CCC(Nc4ncnc5[nH]ncc45)CC3)CC2)cc1. The highest BCUT2D eigenvalue weighted by Crippen LogP contribution is 2.35. The number of nitrogens with zero attached hydrogens (tertiary/aromatic N) is 3. The van der Waals surface area contributed by atoms with Gasteiger partial charge in [-0.25, -0.2) is 9.97 Å². The van der Waals surface area contributed by atoms with Gasteiger partial charge in [-0.05, 0) is 62.8 Å². The maximum atomic E-state index is 6.50. The lowest BCUT2D eigenvalue weighted by molar-refractivity contribution is -0.0482. The summed E-state index contributed by atoms with van der Waals surface area (Å²) in [6.45, 7) is 0. The number of hydrogen-bond acceptors (Lipinski definition) is 5.